The Labute approximate surface area is 60.5 Å². The van der Waals surface area contributed by atoms with Crippen molar-refractivity contribution in [1.29, 1.82) is 0 Å². The van der Waals surface area contributed by atoms with Crippen molar-refractivity contribution in [2.75, 3.05) is 12.3 Å². The van der Waals surface area contributed by atoms with Gasteiger partial charge >= 0.3 is 25.7 Å². The molecule has 3 nitrogen and oxygen atoms in total. The second kappa shape index (κ2) is 7.33. The quantitative estimate of drug-likeness (QED) is 0.494. The van der Waals surface area contributed by atoms with Gasteiger partial charge in [0, 0.05) is 12.3 Å². The zero-order valence-corrected chi connectivity index (χ0v) is 6.54. The normalized spacial score (nSPS) is 14.0. The van der Waals surface area contributed by atoms with Crippen LogP contribution in [0.2, 0.25) is 0 Å². The number of hydrogen-bond acceptors (Lipinski definition) is 4. The fourth-order valence-corrected chi connectivity index (χ4v) is 0.791. The molecule has 0 amide bonds. The molecule has 0 atom stereocenters. The van der Waals surface area contributed by atoms with Gasteiger partial charge in [0.25, 0.3) is 0 Å². The molecule has 0 saturated heterocycles. The molecule has 0 aliphatic carbocycles. The summed E-state index contributed by atoms with van der Waals surface area (Å²) in [7, 11) is 0. The van der Waals surface area contributed by atoms with E-state index in [1.54, 1.807) is 11.8 Å². The van der Waals surface area contributed by atoms with E-state index >= 15 is 0 Å². The molecule has 0 aromatic carbocycles. The van der Waals surface area contributed by atoms with Gasteiger partial charge in [0.15, 0.2) is 0 Å². The van der Waals surface area contributed by atoms with Gasteiger partial charge in [-0.15, -0.1) is 11.8 Å². The van der Waals surface area contributed by atoms with Crippen molar-refractivity contribution >= 4 is 17.3 Å². The van der Waals surface area contributed by atoms with Gasteiger partial charge in [0.05, 0.1) is 5.55 Å². The molecular formula is C3H5NO2STi. The summed E-state index contributed by atoms with van der Waals surface area (Å²) in [6, 6.07) is 0. The maximum absolute atomic E-state index is 8.50. The molecule has 0 aromatic heterocycles. The molecule has 0 fully saturated rings. The van der Waals surface area contributed by atoms with Crippen LogP contribution in [0.15, 0.2) is 4.99 Å². The van der Waals surface area contributed by atoms with Gasteiger partial charge in [-0.25, -0.2) is 0 Å². The van der Waals surface area contributed by atoms with Crippen molar-refractivity contribution in [3.63, 3.8) is 0 Å². The first-order valence-corrected chi connectivity index (χ1v) is 4.33. The number of hydrogen-bond donors (Lipinski definition) is 0. The predicted octanol–water partition coefficient (Wildman–Crippen LogP) is 0.521. The van der Waals surface area contributed by atoms with Gasteiger partial charge in [-0.1, -0.05) is 0 Å². The monoisotopic (exact) mass is 167 g/mol. The van der Waals surface area contributed by atoms with Crippen molar-refractivity contribution in [3.8, 4) is 0 Å². The van der Waals surface area contributed by atoms with E-state index < -0.39 is 19.1 Å². The summed E-state index contributed by atoms with van der Waals surface area (Å²) in [4.78, 5) is 3.92. The number of aliphatic imine (C=N–C) groups is 1. The van der Waals surface area contributed by atoms with E-state index in [0.29, 0.717) is 0 Å². The third-order valence-corrected chi connectivity index (χ3v) is 1.20. The van der Waals surface area contributed by atoms with E-state index in [1.165, 1.54) is 5.75 Å². The van der Waals surface area contributed by atoms with Gasteiger partial charge in [0.2, 0.25) is 0 Å². The van der Waals surface area contributed by atoms with E-state index in [-0.39, 0.29) is 0 Å². The van der Waals surface area contributed by atoms with Crippen molar-refractivity contribution < 1.29 is 25.7 Å². The molecule has 0 unspecified atom stereocenters. The van der Waals surface area contributed by atoms with Crippen LogP contribution in [0.25, 0.3) is 0 Å². The Morgan fingerprint density at radius 1 is 1.62 bits per heavy atom. The number of nitrogens with zero attached hydrogens (tertiary/aromatic N) is 1. The molecule has 1 aliphatic rings. The SMILES string of the molecule is C1=NCCS1.[O]=[Ti]=[O]. The van der Waals surface area contributed by atoms with Gasteiger partial charge in [-0.2, -0.15) is 0 Å². The first-order chi connectivity index (χ1) is 3.91. The standard InChI is InChI=1S/C3H5NS.2O.Ti/c1-2-5-3-4-1;;;/h3H,1-2H2;;;. The van der Waals surface area contributed by atoms with Crippen molar-refractivity contribution in [2.45, 2.75) is 0 Å². The zero-order valence-electron chi connectivity index (χ0n) is 4.16. The fraction of sp³-hybridized carbons (Fsp3) is 0.667. The predicted molar refractivity (Wildman–Crippen MR) is 27.2 cm³/mol. The van der Waals surface area contributed by atoms with Crippen LogP contribution in [0.1, 0.15) is 0 Å². The Kier molecular flexibility index (Phi) is 7.64. The summed E-state index contributed by atoms with van der Waals surface area (Å²) in [5.41, 5.74) is 1.90. The van der Waals surface area contributed by atoms with E-state index in [1.807, 2.05) is 5.55 Å². The van der Waals surface area contributed by atoms with E-state index in [4.69, 9.17) is 6.65 Å². The topological polar surface area (TPSA) is 46.5 Å². The summed E-state index contributed by atoms with van der Waals surface area (Å²) in [5, 5.41) is 0. The van der Waals surface area contributed by atoms with Crippen molar-refractivity contribution in [3.05, 3.63) is 0 Å². The van der Waals surface area contributed by atoms with Gasteiger partial charge in [-0.05, 0) is 0 Å². The number of thioether (sulfide) groups is 1. The second-order valence-corrected chi connectivity index (χ2v) is 2.18. The van der Waals surface area contributed by atoms with Gasteiger partial charge in [0.1, 0.15) is 0 Å². The Bertz CT molecular complexity index is 104. The average molecular weight is 167 g/mol. The summed E-state index contributed by atoms with van der Waals surface area (Å²) in [5.74, 6) is 1.19. The molecule has 44 valence electrons. The molecule has 0 bridgehead atoms. The van der Waals surface area contributed by atoms with Crippen LogP contribution in [0.3, 0.4) is 0 Å². The molecule has 0 N–H and O–H groups in total. The molecule has 0 spiro atoms. The molecule has 1 aliphatic heterocycles. The first kappa shape index (κ1) is 8.33. The number of rotatable bonds is 0. The van der Waals surface area contributed by atoms with Crippen molar-refractivity contribution in [1.82, 2.24) is 0 Å². The molecule has 1 heterocycles. The van der Waals surface area contributed by atoms with Crippen molar-refractivity contribution in [2.24, 2.45) is 4.99 Å². The first-order valence-electron chi connectivity index (χ1n) is 2.01. The second-order valence-electron chi connectivity index (χ2n) is 0.966. The Morgan fingerprint density at radius 3 is 2.38 bits per heavy atom. The minimum absolute atomic E-state index is 1.03. The van der Waals surface area contributed by atoms with E-state index in [2.05, 4.69) is 4.99 Å². The molecular weight excluding hydrogens is 162 g/mol. The van der Waals surface area contributed by atoms with Crippen LogP contribution in [0.5, 0.6) is 0 Å². The summed E-state index contributed by atoms with van der Waals surface area (Å²) in [6.45, 7) is 1.03. The van der Waals surface area contributed by atoms with Gasteiger partial charge < -0.3 is 0 Å². The summed E-state index contributed by atoms with van der Waals surface area (Å²) in [6.07, 6.45) is 0. The van der Waals surface area contributed by atoms with Crippen LogP contribution in [0, 0.1) is 0 Å². The van der Waals surface area contributed by atoms with Crippen LogP contribution in [-0.2, 0) is 25.7 Å². The Morgan fingerprint density at radius 2 is 2.25 bits per heavy atom. The molecule has 0 saturated carbocycles. The van der Waals surface area contributed by atoms with Crippen LogP contribution >= 0.6 is 11.8 Å². The summed E-state index contributed by atoms with van der Waals surface area (Å²) >= 11 is -0.218. The Hall–Kier alpha value is 0.334. The van der Waals surface area contributed by atoms with Gasteiger partial charge in [-0.3, -0.25) is 4.99 Å². The third-order valence-electron chi connectivity index (χ3n) is 0.487. The van der Waals surface area contributed by atoms with E-state index in [9.17, 15) is 0 Å². The molecule has 0 aromatic rings. The maximum atomic E-state index is 8.50. The van der Waals surface area contributed by atoms with Crippen LogP contribution in [-0.4, -0.2) is 17.8 Å². The van der Waals surface area contributed by atoms with E-state index in [0.717, 1.165) is 6.54 Å². The summed E-state index contributed by atoms with van der Waals surface area (Å²) < 4.78 is 17.0. The molecule has 0 radical (unpaired) electrons. The third kappa shape index (κ3) is 6.33. The Balaban J connectivity index is 0.000000145. The van der Waals surface area contributed by atoms with Crippen LogP contribution in [0.4, 0.5) is 0 Å². The van der Waals surface area contributed by atoms with Crippen LogP contribution < -0.4 is 0 Å². The average Bonchev–Trinajstić information content (AvgIpc) is 2.17. The molecule has 8 heavy (non-hydrogen) atoms. The fourth-order valence-electron chi connectivity index (χ4n) is 0.264. The molecule has 1 rings (SSSR count). The molecule has 5 heteroatoms. The zero-order chi connectivity index (χ0) is 6.24. The minimum atomic E-state index is -2.00.